The molecule has 0 bridgehead atoms. The van der Waals surface area contributed by atoms with Gasteiger partial charge in [0.1, 0.15) is 0 Å². The maximum absolute atomic E-state index is 6.06. The average Bonchev–Trinajstić information content (AvgIpc) is 2.29. The van der Waals surface area contributed by atoms with Gasteiger partial charge in [-0.3, -0.25) is 0 Å². The van der Waals surface area contributed by atoms with Crippen LogP contribution < -0.4 is 5.73 Å². The Morgan fingerprint density at radius 2 is 1.72 bits per heavy atom. The Labute approximate surface area is 111 Å². The molecule has 0 radical (unpaired) electrons. The molecule has 1 aliphatic rings. The molecule has 1 heterocycles. The molecular weight excluding hydrogens is 220 g/mol. The highest BCUT2D eigenvalue weighted by atomic mass is 15.1. The summed E-state index contributed by atoms with van der Waals surface area (Å²) < 4.78 is 0. The van der Waals surface area contributed by atoms with Crippen LogP contribution in [0.25, 0.3) is 0 Å². The molecule has 100 valence electrons. The lowest BCUT2D eigenvalue weighted by Crippen LogP contribution is -2.34. The van der Waals surface area contributed by atoms with Crippen molar-refractivity contribution in [3.05, 3.63) is 35.4 Å². The minimum absolute atomic E-state index is 0.116. The van der Waals surface area contributed by atoms with Crippen LogP contribution >= 0.6 is 0 Å². The Balaban J connectivity index is 1.99. The largest absolute Gasteiger partial charge is 0.325 e. The predicted molar refractivity (Wildman–Crippen MR) is 77.9 cm³/mol. The van der Waals surface area contributed by atoms with Crippen molar-refractivity contribution in [2.75, 3.05) is 20.1 Å². The van der Waals surface area contributed by atoms with Gasteiger partial charge in [0.2, 0.25) is 0 Å². The van der Waals surface area contributed by atoms with Gasteiger partial charge in [-0.25, -0.2) is 0 Å². The molecule has 1 saturated heterocycles. The molecule has 2 nitrogen and oxygen atoms in total. The fraction of sp³-hybridized carbons (Fsp3) is 0.625. The summed E-state index contributed by atoms with van der Waals surface area (Å²) >= 11 is 0. The zero-order valence-corrected chi connectivity index (χ0v) is 11.9. The summed E-state index contributed by atoms with van der Waals surface area (Å²) in [4.78, 5) is 2.42. The van der Waals surface area contributed by atoms with Crippen molar-refractivity contribution < 1.29 is 0 Å². The molecule has 2 N–H and O–H groups in total. The van der Waals surface area contributed by atoms with Gasteiger partial charge in [-0.1, -0.05) is 24.3 Å². The molecule has 2 rings (SSSR count). The van der Waals surface area contributed by atoms with Crippen LogP contribution in [0.1, 0.15) is 43.7 Å². The smallest absolute Gasteiger partial charge is 0.0138 e. The van der Waals surface area contributed by atoms with Crippen molar-refractivity contribution >= 4 is 0 Å². The first-order chi connectivity index (χ1) is 8.44. The third-order valence-corrected chi connectivity index (χ3v) is 3.83. The maximum Gasteiger partial charge on any atom is 0.0138 e. The van der Waals surface area contributed by atoms with E-state index in [1.54, 1.807) is 0 Å². The predicted octanol–water partition coefficient (Wildman–Crippen LogP) is 2.78. The molecule has 1 aliphatic heterocycles. The van der Waals surface area contributed by atoms with Crippen molar-refractivity contribution in [2.24, 2.45) is 5.73 Å². The minimum Gasteiger partial charge on any atom is -0.325 e. The van der Waals surface area contributed by atoms with Gasteiger partial charge in [-0.05, 0) is 70.3 Å². The monoisotopic (exact) mass is 246 g/mol. The number of benzene rings is 1. The van der Waals surface area contributed by atoms with E-state index >= 15 is 0 Å². The summed E-state index contributed by atoms with van der Waals surface area (Å²) in [6.45, 7) is 6.61. The number of rotatable bonds is 3. The van der Waals surface area contributed by atoms with Crippen LogP contribution in [-0.4, -0.2) is 30.6 Å². The van der Waals surface area contributed by atoms with Crippen molar-refractivity contribution in [3.8, 4) is 0 Å². The zero-order valence-electron chi connectivity index (χ0n) is 11.9. The van der Waals surface area contributed by atoms with Crippen LogP contribution in [0.15, 0.2) is 24.3 Å². The lowest BCUT2D eigenvalue weighted by atomic mass is 9.88. The number of hydrogen-bond donors (Lipinski definition) is 1. The van der Waals surface area contributed by atoms with Gasteiger partial charge < -0.3 is 10.6 Å². The molecule has 0 atom stereocenters. The molecule has 1 aromatic carbocycles. The van der Waals surface area contributed by atoms with E-state index in [-0.39, 0.29) is 5.54 Å². The van der Waals surface area contributed by atoms with E-state index < -0.39 is 0 Å². The van der Waals surface area contributed by atoms with Crippen LogP contribution in [0, 0.1) is 0 Å². The van der Waals surface area contributed by atoms with Gasteiger partial charge in [0, 0.05) is 5.54 Å². The molecule has 0 spiro atoms. The first-order valence-electron chi connectivity index (χ1n) is 7.00. The van der Waals surface area contributed by atoms with Gasteiger partial charge >= 0.3 is 0 Å². The molecule has 1 fully saturated rings. The lowest BCUT2D eigenvalue weighted by Gasteiger charge is -2.29. The van der Waals surface area contributed by atoms with Crippen LogP contribution in [-0.2, 0) is 6.42 Å². The Kier molecular flexibility index (Phi) is 4.08. The van der Waals surface area contributed by atoms with Gasteiger partial charge in [-0.2, -0.15) is 0 Å². The standard InChI is InChI=1S/C16H26N2/c1-16(2,17)12-13-4-6-14(7-5-13)15-8-10-18(3)11-9-15/h4-7,15H,8-12,17H2,1-3H3. The summed E-state index contributed by atoms with van der Waals surface area (Å²) in [6, 6.07) is 9.11. The molecule has 2 heteroatoms. The first kappa shape index (κ1) is 13.6. The van der Waals surface area contributed by atoms with Gasteiger partial charge in [0.05, 0.1) is 0 Å². The molecule has 0 unspecified atom stereocenters. The van der Waals surface area contributed by atoms with E-state index in [1.165, 1.54) is 37.1 Å². The number of nitrogens with zero attached hydrogens (tertiary/aromatic N) is 1. The number of piperidine rings is 1. The summed E-state index contributed by atoms with van der Waals surface area (Å²) in [7, 11) is 2.21. The molecule has 1 aromatic rings. The van der Waals surface area contributed by atoms with Crippen molar-refractivity contribution in [3.63, 3.8) is 0 Å². The van der Waals surface area contributed by atoms with Crippen molar-refractivity contribution in [2.45, 2.75) is 44.6 Å². The second-order valence-electron chi connectivity index (χ2n) is 6.48. The second kappa shape index (κ2) is 5.41. The Morgan fingerprint density at radius 1 is 1.17 bits per heavy atom. The Hall–Kier alpha value is -0.860. The van der Waals surface area contributed by atoms with Gasteiger partial charge in [-0.15, -0.1) is 0 Å². The zero-order chi connectivity index (χ0) is 13.2. The third-order valence-electron chi connectivity index (χ3n) is 3.83. The van der Waals surface area contributed by atoms with E-state index in [1.807, 2.05) is 0 Å². The SMILES string of the molecule is CN1CCC(c2ccc(CC(C)(C)N)cc2)CC1. The van der Waals surface area contributed by atoms with Crippen LogP contribution in [0.5, 0.6) is 0 Å². The highest BCUT2D eigenvalue weighted by Crippen LogP contribution is 2.27. The van der Waals surface area contributed by atoms with E-state index in [0.717, 1.165) is 12.3 Å². The molecule has 18 heavy (non-hydrogen) atoms. The third kappa shape index (κ3) is 3.82. The Bertz CT molecular complexity index is 367. The topological polar surface area (TPSA) is 29.3 Å². The molecule has 0 aliphatic carbocycles. The Morgan fingerprint density at radius 3 is 2.22 bits per heavy atom. The summed E-state index contributed by atoms with van der Waals surface area (Å²) in [5.41, 5.74) is 8.79. The van der Waals surface area contributed by atoms with E-state index in [2.05, 4.69) is 50.1 Å². The van der Waals surface area contributed by atoms with E-state index in [4.69, 9.17) is 5.73 Å². The lowest BCUT2D eigenvalue weighted by molar-refractivity contribution is 0.255. The highest BCUT2D eigenvalue weighted by Gasteiger charge is 2.18. The quantitative estimate of drug-likeness (QED) is 0.888. The molecular formula is C16H26N2. The average molecular weight is 246 g/mol. The summed E-state index contributed by atoms with van der Waals surface area (Å²) in [5, 5.41) is 0. The van der Waals surface area contributed by atoms with Crippen LogP contribution in [0.3, 0.4) is 0 Å². The fourth-order valence-corrected chi connectivity index (χ4v) is 2.78. The minimum atomic E-state index is -0.116. The normalized spacial score (nSPS) is 19.1. The van der Waals surface area contributed by atoms with Gasteiger partial charge in [0.15, 0.2) is 0 Å². The molecule has 0 aromatic heterocycles. The second-order valence-corrected chi connectivity index (χ2v) is 6.48. The summed E-state index contributed by atoms with van der Waals surface area (Å²) in [6.07, 6.45) is 3.52. The molecule has 0 amide bonds. The number of likely N-dealkylation sites (tertiary alicyclic amines) is 1. The number of nitrogens with two attached hydrogens (primary N) is 1. The maximum atomic E-state index is 6.06. The van der Waals surface area contributed by atoms with E-state index in [9.17, 15) is 0 Å². The van der Waals surface area contributed by atoms with Crippen LogP contribution in [0.4, 0.5) is 0 Å². The van der Waals surface area contributed by atoms with Crippen molar-refractivity contribution in [1.82, 2.24) is 4.90 Å². The molecule has 0 saturated carbocycles. The first-order valence-corrected chi connectivity index (χ1v) is 7.00. The van der Waals surface area contributed by atoms with Crippen molar-refractivity contribution in [1.29, 1.82) is 0 Å². The van der Waals surface area contributed by atoms with Gasteiger partial charge in [0.25, 0.3) is 0 Å². The van der Waals surface area contributed by atoms with E-state index in [0.29, 0.717) is 0 Å². The van der Waals surface area contributed by atoms with Crippen LogP contribution in [0.2, 0.25) is 0 Å². The number of hydrogen-bond acceptors (Lipinski definition) is 2. The fourth-order valence-electron chi connectivity index (χ4n) is 2.78. The highest BCUT2D eigenvalue weighted by molar-refractivity contribution is 5.26. The summed E-state index contributed by atoms with van der Waals surface area (Å²) in [5.74, 6) is 0.751.